The number of alkyl halides is 6. The molecule has 0 radical (unpaired) electrons. The van der Waals surface area contributed by atoms with E-state index in [4.69, 9.17) is 0 Å². The lowest BCUT2D eigenvalue weighted by Gasteiger charge is -2.14. The van der Waals surface area contributed by atoms with E-state index in [2.05, 4.69) is 10.3 Å². The summed E-state index contributed by atoms with van der Waals surface area (Å²) < 4.78 is 77.9. The SMILES string of the molecule is Cc1c(C)c2ccc(NC(=O)c3cc(C(F)(F)F)cc(C(F)(F)F)c3)cc2[nH]c1=O. The van der Waals surface area contributed by atoms with Crippen LogP contribution in [0, 0.1) is 13.8 Å². The minimum Gasteiger partial charge on any atom is -0.322 e. The number of aryl methyl sites for hydroxylation is 1. The highest BCUT2D eigenvalue weighted by Crippen LogP contribution is 2.36. The highest BCUT2D eigenvalue weighted by atomic mass is 19.4. The Morgan fingerprint density at radius 1 is 0.867 bits per heavy atom. The second-order valence-corrected chi connectivity index (χ2v) is 6.71. The molecule has 1 aromatic heterocycles. The van der Waals surface area contributed by atoms with Crippen LogP contribution < -0.4 is 10.9 Å². The number of carbonyl (C=O) groups excluding carboxylic acids is 1. The van der Waals surface area contributed by atoms with E-state index in [0.29, 0.717) is 34.2 Å². The van der Waals surface area contributed by atoms with Gasteiger partial charge in [0.2, 0.25) is 0 Å². The molecule has 0 aliphatic heterocycles. The van der Waals surface area contributed by atoms with Crippen LogP contribution in [0.15, 0.2) is 41.2 Å². The maximum Gasteiger partial charge on any atom is 0.416 e. The van der Waals surface area contributed by atoms with E-state index in [1.165, 1.54) is 12.1 Å². The number of hydrogen-bond donors (Lipinski definition) is 2. The van der Waals surface area contributed by atoms with Gasteiger partial charge < -0.3 is 10.3 Å². The van der Waals surface area contributed by atoms with Crippen molar-refractivity contribution in [3.63, 3.8) is 0 Å². The number of halogens is 6. The average Bonchev–Trinajstić information content (AvgIpc) is 2.64. The van der Waals surface area contributed by atoms with Crippen molar-refractivity contribution < 1.29 is 31.1 Å². The largest absolute Gasteiger partial charge is 0.416 e. The van der Waals surface area contributed by atoms with E-state index in [1.54, 1.807) is 19.9 Å². The van der Waals surface area contributed by atoms with Gasteiger partial charge in [-0.15, -0.1) is 0 Å². The van der Waals surface area contributed by atoms with Gasteiger partial charge in [-0.25, -0.2) is 0 Å². The third kappa shape index (κ3) is 4.17. The van der Waals surface area contributed by atoms with E-state index >= 15 is 0 Å². The highest BCUT2D eigenvalue weighted by Gasteiger charge is 2.37. The summed E-state index contributed by atoms with van der Waals surface area (Å²) in [5.41, 5.74) is -2.66. The van der Waals surface area contributed by atoms with Gasteiger partial charge in [0.15, 0.2) is 0 Å². The van der Waals surface area contributed by atoms with E-state index < -0.39 is 35.0 Å². The first-order chi connectivity index (χ1) is 13.8. The Balaban J connectivity index is 2.01. The Labute approximate surface area is 165 Å². The lowest BCUT2D eigenvalue weighted by atomic mass is 10.0. The second-order valence-electron chi connectivity index (χ2n) is 6.71. The van der Waals surface area contributed by atoms with E-state index in [-0.39, 0.29) is 17.3 Å². The summed E-state index contributed by atoms with van der Waals surface area (Å²) in [6.07, 6.45) is -10.1. The van der Waals surface area contributed by atoms with Crippen molar-refractivity contribution in [2.45, 2.75) is 26.2 Å². The predicted octanol–water partition coefficient (Wildman–Crippen LogP) is 5.43. The minimum atomic E-state index is -5.06. The molecule has 0 saturated heterocycles. The fourth-order valence-electron chi connectivity index (χ4n) is 2.93. The van der Waals surface area contributed by atoms with Gasteiger partial charge in [0.05, 0.1) is 16.6 Å². The lowest BCUT2D eigenvalue weighted by molar-refractivity contribution is -0.143. The number of H-pyrrole nitrogens is 1. The van der Waals surface area contributed by atoms with Gasteiger partial charge >= 0.3 is 12.4 Å². The summed E-state index contributed by atoms with van der Waals surface area (Å²) in [5.74, 6) is -1.16. The fourth-order valence-corrected chi connectivity index (χ4v) is 2.93. The van der Waals surface area contributed by atoms with Crippen molar-refractivity contribution in [3.8, 4) is 0 Å². The molecule has 3 rings (SSSR count). The quantitative estimate of drug-likeness (QED) is 0.535. The van der Waals surface area contributed by atoms with Gasteiger partial charge in [-0.2, -0.15) is 26.3 Å². The van der Waals surface area contributed by atoms with Gasteiger partial charge in [0, 0.05) is 22.2 Å². The molecular formula is C20H14F6N2O2. The molecule has 3 aromatic rings. The number of hydrogen-bond acceptors (Lipinski definition) is 2. The molecule has 2 N–H and O–H groups in total. The number of anilines is 1. The molecule has 2 aromatic carbocycles. The van der Waals surface area contributed by atoms with Gasteiger partial charge in [-0.3, -0.25) is 9.59 Å². The number of benzene rings is 2. The Morgan fingerprint density at radius 3 is 1.97 bits per heavy atom. The van der Waals surface area contributed by atoms with Gasteiger partial charge in [0.25, 0.3) is 11.5 Å². The number of aromatic nitrogens is 1. The standard InChI is InChI=1S/C20H14F6N2O2/c1-9-10(2)17(29)28-16-8-14(3-4-15(9)16)27-18(30)11-5-12(19(21,22)23)7-13(6-11)20(24,25)26/h3-8H,1-2H3,(H,27,30)(H,28,29). The number of carbonyl (C=O) groups is 1. The van der Waals surface area contributed by atoms with Crippen LogP contribution in [-0.4, -0.2) is 10.9 Å². The minimum absolute atomic E-state index is 0.0529. The van der Waals surface area contributed by atoms with Crippen LogP contribution in [0.25, 0.3) is 10.9 Å². The zero-order valence-electron chi connectivity index (χ0n) is 15.5. The van der Waals surface area contributed by atoms with Crippen LogP contribution in [0.1, 0.15) is 32.6 Å². The zero-order chi connectivity index (χ0) is 22.4. The average molecular weight is 428 g/mol. The highest BCUT2D eigenvalue weighted by molar-refractivity contribution is 6.05. The molecule has 0 saturated carbocycles. The molecule has 0 aliphatic rings. The molecule has 158 valence electrons. The van der Waals surface area contributed by atoms with Crippen molar-refractivity contribution in [1.82, 2.24) is 4.98 Å². The van der Waals surface area contributed by atoms with Gasteiger partial charge in [0.1, 0.15) is 0 Å². The van der Waals surface area contributed by atoms with Crippen molar-refractivity contribution >= 4 is 22.5 Å². The van der Waals surface area contributed by atoms with Crippen LogP contribution in [-0.2, 0) is 12.4 Å². The molecule has 1 heterocycles. The maximum absolute atomic E-state index is 13.0. The summed E-state index contributed by atoms with van der Waals surface area (Å²) >= 11 is 0. The van der Waals surface area contributed by atoms with Crippen LogP contribution in [0.4, 0.5) is 32.0 Å². The summed E-state index contributed by atoms with van der Waals surface area (Å²) in [6.45, 7) is 3.36. The van der Waals surface area contributed by atoms with Crippen molar-refractivity contribution in [2.75, 3.05) is 5.32 Å². The molecule has 1 amide bonds. The fraction of sp³-hybridized carbons (Fsp3) is 0.200. The molecule has 0 spiro atoms. The normalized spacial score (nSPS) is 12.3. The zero-order valence-corrected chi connectivity index (χ0v) is 15.5. The summed E-state index contributed by atoms with van der Waals surface area (Å²) in [5, 5.41) is 2.95. The number of aromatic amines is 1. The van der Waals surface area contributed by atoms with Crippen LogP contribution in [0.2, 0.25) is 0 Å². The smallest absolute Gasteiger partial charge is 0.322 e. The number of pyridine rings is 1. The maximum atomic E-state index is 13.0. The second kappa shape index (κ2) is 7.19. The summed E-state index contributed by atoms with van der Waals surface area (Å²) in [7, 11) is 0. The Hall–Kier alpha value is -3.30. The third-order valence-electron chi connectivity index (χ3n) is 4.68. The molecule has 0 atom stereocenters. The number of rotatable bonds is 2. The first kappa shape index (κ1) is 21.4. The molecule has 0 fully saturated rings. The molecule has 30 heavy (non-hydrogen) atoms. The summed E-state index contributed by atoms with van der Waals surface area (Å²) in [4.78, 5) is 26.9. The summed E-state index contributed by atoms with van der Waals surface area (Å²) in [6, 6.07) is 5.03. The van der Waals surface area contributed by atoms with Crippen LogP contribution >= 0.6 is 0 Å². The third-order valence-corrected chi connectivity index (χ3v) is 4.68. The topological polar surface area (TPSA) is 62.0 Å². The van der Waals surface area contributed by atoms with Gasteiger partial charge in [-0.1, -0.05) is 6.07 Å². The van der Waals surface area contributed by atoms with Crippen molar-refractivity contribution in [3.05, 3.63) is 74.6 Å². The van der Waals surface area contributed by atoms with Crippen LogP contribution in [0.5, 0.6) is 0 Å². The van der Waals surface area contributed by atoms with E-state index in [1.807, 2.05) is 0 Å². The first-order valence-corrected chi connectivity index (χ1v) is 8.51. The first-order valence-electron chi connectivity index (χ1n) is 8.51. The molecule has 10 heteroatoms. The lowest BCUT2D eigenvalue weighted by Crippen LogP contribution is -2.17. The molecule has 0 unspecified atom stereocenters. The molecule has 4 nitrogen and oxygen atoms in total. The van der Waals surface area contributed by atoms with Gasteiger partial charge in [-0.05, 0) is 49.7 Å². The Kier molecular flexibility index (Phi) is 5.13. The van der Waals surface area contributed by atoms with Crippen molar-refractivity contribution in [2.24, 2.45) is 0 Å². The predicted molar refractivity (Wildman–Crippen MR) is 98.4 cm³/mol. The monoisotopic (exact) mass is 428 g/mol. The molecule has 0 aliphatic carbocycles. The van der Waals surface area contributed by atoms with E-state index in [0.717, 1.165) is 0 Å². The van der Waals surface area contributed by atoms with E-state index in [9.17, 15) is 35.9 Å². The number of nitrogens with one attached hydrogen (secondary N) is 2. The Morgan fingerprint density at radius 2 is 1.43 bits per heavy atom. The van der Waals surface area contributed by atoms with Crippen LogP contribution in [0.3, 0.4) is 0 Å². The number of fused-ring (bicyclic) bond motifs is 1. The molecular weight excluding hydrogens is 414 g/mol. The molecule has 0 bridgehead atoms. The Bertz CT molecular complexity index is 1180. The number of amides is 1. The van der Waals surface area contributed by atoms with Crippen molar-refractivity contribution in [1.29, 1.82) is 0 Å².